The molecule has 1 aromatic heterocycles. The zero-order valence-electron chi connectivity index (χ0n) is 24.4. The van der Waals surface area contributed by atoms with E-state index in [1.807, 2.05) is 33.7 Å². The number of imidazole rings is 1. The smallest absolute Gasteiger partial charge is 0.226 e. The Bertz CT molecular complexity index is 1640. The molecular formula is C33H33Cl2FN6OS. The van der Waals surface area contributed by atoms with Crippen LogP contribution in [0.1, 0.15) is 42.7 Å². The number of amides is 1. The first-order valence-corrected chi connectivity index (χ1v) is 15.3. The normalized spacial score (nSPS) is 12.2. The molecule has 0 saturated heterocycles. The summed E-state index contributed by atoms with van der Waals surface area (Å²) in [5.41, 5.74) is 3.63. The predicted molar refractivity (Wildman–Crippen MR) is 177 cm³/mol. The standard InChI is InChI=1S/C33H33Cl2FN6OS/c1-3-22(2)30(40-31(43)15-28-17-38-21-42(28)18-24-12-10-23(16-37)11-13-24)20-41(19-25-6-4-9-29(34)32(25)35)33(44)39-27-8-5-7-26(36)14-27/h4-14,17,21-22,30H,3,15,18-20H2,1-2H3,(H,39,44)(H,40,43)/t22-,30+/m0/s1. The van der Waals surface area contributed by atoms with Gasteiger partial charge in [-0.15, -0.1) is 0 Å². The van der Waals surface area contributed by atoms with Crippen LogP contribution in [-0.2, 0) is 24.3 Å². The van der Waals surface area contributed by atoms with Crippen LogP contribution in [-0.4, -0.2) is 38.1 Å². The van der Waals surface area contributed by atoms with Crippen LogP contribution in [0.2, 0.25) is 10.0 Å². The highest BCUT2D eigenvalue weighted by molar-refractivity contribution is 7.80. The second-order valence-corrected chi connectivity index (χ2v) is 11.8. The molecule has 0 radical (unpaired) electrons. The SMILES string of the molecule is CC[C@H](C)[C@@H](CN(Cc1cccc(Cl)c1Cl)C(=S)Nc1cccc(F)c1)NC(=O)Cc1cncn1Cc1ccc(C#N)cc1. The van der Waals surface area contributed by atoms with Crippen molar-refractivity contribution in [3.05, 3.63) is 118 Å². The van der Waals surface area contributed by atoms with Crippen molar-refractivity contribution >= 4 is 52.1 Å². The third-order valence-corrected chi connectivity index (χ3v) is 8.64. The molecule has 0 aliphatic carbocycles. The maximum Gasteiger partial charge on any atom is 0.226 e. The Morgan fingerprint density at radius 2 is 1.91 bits per heavy atom. The number of benzene rings is 3. The van der Waals surface area contributed by atoms with Gasteiger partial charge in [0, 0.05) is 43.3 Å². The lowest BCUT2D eigenvalue weighted by Gasteiger charge is -2.33. The lowest BCUT2D eigenvalue weighted by atomic mass is 9.98. The molecule has 44 heavy (non-hydrogen) atoms. The lowest BCUT2D eigenvalue weighted by Crippen LogP contribution is -2.50. The summed E-state index contributed by atoms with van der Waals surface area (Å²) < 4.78 is 15.8. The number of hydrogen-bond acceptors (Lipinski definition) is 4. The van der Waals surface area contributed by atoms with Gasteiger partial charge < -0.3 is 20.1 Å². The molecule has 0 fully saturated rings. The van der Waals surface area contributed by atoms with Gasteiger partial charge >= 0.3 is 0 Å². The van der Waals surface area contributed by atoms with Gasteiger partial charge in [0.05, 0.1) is 34.4 Å². The second kappa shape index (κ2) is 15.7. The maximum atomic E-state index is 13.9. The van der Waals surface area contributed by atoms with E-state index < -0.39 is 0 Å². The molecule has 0 saturated carbocycles. The van der Waals surface area contributed by atoms with Crippen LogP contribution in [0.25, 0.3) is 0 Å². The maximum absolute atomic E-state index is 13.9. The molecule has 3 aromatic carbocycles. The summed E-state index contributed by atoms with van der Waals surface area (Å²) in [5, 5.41) is 16.6. The number of nitriles is 1. The van der Waals surface area contributed by atoms with E-state index in [2.05, 4.69) is 35.5 Å². The molecule has 0 unspecified atom stereocenters. The number of carbonyl (C=O) groups excluding carboxylic acids is 1. The van der Waals surface area contributed by atoms with E-state index in [1.165, 1.54) is 12.1 Å². The third-order valence-electron chi connectivity index (χ3n) is 7.43. The number of aromatic nitrogens is 2. The highest BCUT2D eigenvalue weighted by atomic mass is 35.5. The number of carbonyl (C=O) groups is 1. The van der Waals surface area contributed by atoms with E-state index in [-0.39, 0.29) is 30.1 Å². The highest BCUT2D eigenvalue weighted by Crippen LogP contribution is 2.27. The first-order chi connectivity index (χ1) is 21.2. The summed E-state index contributed by atoms with van der Waals surface area (Å²) in [6, 6.07) is 20.6. The molecule has 0 spiro atoms. The fourth-order valence-corrected chi connectivity index (χ4v) is 5.33. The quantitative estimate of drug-likeness (QED) is 0.157. The first kappa shape index (κ1) is 32.9. The number of nitrogens with one attached hydrogen (secondary N) is 2. The Morgan fingerprint density at radius 3 is 2.61 bits per heavy atom. The summed E-state index contributed by atoms with van der Waals surface area (Å²) in [7, 11) is 0. The highest BCUT2D eigenvalue weighted by Gasteiger charge is 2.25. The molecule has 1 amide bonds. The minimum absolute atomic E-state index is 0.108. The van der Waals surface area contributed by atoms with Crippen LogP contribution in [0.5, 0.6) is 0 Å². The number of rotatable bonds is 12. The molecule has 0 bridgehead atoms. The Balaban J connectivity index is 1.51. The number of anilines is 1. The number of halogens is 3. The van der Waals surface area contributed by atoms with E-state index in [1.54, 1.807) is 42.9 Å². The van der Waals surface area contributed by atoms with Crippen molar-refractivity contribution in [2.24, 2.45) is 5.92 Å². The van der Waals surface area contributed by atoms with Gasteiger partial charge in [0.25, 0.3) is 0 Å². The van der Waals surface area contributed by atoms with Crippen LogP contribution in [0.15, 0.2) is 79.3 Å². The van der Waals surface area contributed by atoms with Crippen molar-refractivity contribution in [3.8, 4) is 6.07 Å². The summed E-state index contributed by atoms with van der Waals surface area (Å²) in [6.45, 7) is 5.36. The Hall–Kier alpha value is -3.97. The largest absolute Gasteiger partial charge is 0.351 e. The average molecular weight is 652 g/mol. The summed E-state index contributed by atoms with van der Waals surface area (Å²) in [6.07, 6.45) is 4.33. The number of hydrogen-bond donors (Lipinski definition) is 2. The average Bonchev–Trinajstić information content (AvgIpc) is 3.44. The van der Waals surface area contributed by atoms with E-state index in [0.717, 1.165) is 23.2 Å². The molecule has 228 valence electrons. The van der Waals surface area contributed by atoms with Crippen molar-refractivity contribution in [1.29, 1.82) is 5.26 Å². The van der Waals surface area contributed by atoms with Gasteiger partial charge in [0.2, 0.25) is 5.91 Å². The lowest BCUT2D eigenvalue weighted by molar-refractivity contribution is -0.121. The van der Waals surface area contributed by atoms with Crippen LogP contribution >= 0.6 is 35.4 Å². The van der Waals surface area contributed by atoms with Gasteiger partial charge in [-0.3, -0.25) is 4.79 Å². The van der Waals surface area contributed by atoms with Gasteiger partial charge in [0.1, 0.15) is 5.82 Å². The monoisotopic (exact) mass is 650 g/mol. The van der Waals surface area contributed by atoms with Crippen LogP contribution in [0, 0.1) is 23.1 Å². The molecular weight excluding hydrogens is 618 g/mol. The molecule has 7 nitrogen and oxygen atoms in total. The zero-order valence-corrected chi connectivity index (χ0v) is 26.8. The Labute approximate surface area is 272 Å². The van der Waals surface area contributed by atoms with Crippen LogP contribution in [0.4, 0.5) is 10.1 Å². The summed E-state index contributed by atoms with van der Waals surface area (Å²) in [5.74, 6) is -0.427. The fraction of sp³-hybridized carbons (Fsp3) is 0.273. The van der Waals surface area contributed by atoms with E-state index in [0.29, 0.717) is 46.0 Å². The molecule has 4 aromatic rings. The molecule has 2 N–H and O–H groups in total. The number of thiocarbonyl (C=S) groups is 1. The molecule has 4 rings (SSSR count). The van der Waals surface area contributed by atoms with Gasteiger partial charge in [-0.05, 0) is 65.7 Å². The van der Waals surface area contributed by atoms with Crippen LogP contribution in [0.3, 0.4) is 0 Å². The zero-order chi connectivity index (χ0) is 31.6. The van der Waals surface area contributed by atoms with Crippen molar-refractivity contribution < 1.29 is 9.18 Å². The van der Waals surface area contributed by atoms with Crippen molar-refractivity contribution in [2.45, 2.75) is 45.8 Å². The van der Waals surface area contributed by atoms with Crippen molar-refractivity contribution in [2.75, 3.05) is 11.9 Å². The molecule has 1 heterocycles. The van der Waals surface area contributed by atoms with E-state index >= 15 is 0 Å². The summed E-state index contributed by atoms with van der Waals surface area (Å²) in [4.78, 5) is 19.6. The predicted octanol–water partition coefficient (Wildman–Crippen LogP) is 7.22. The Kier molecular flexibility index (Phi) is 11.7. The molecule has 2 atom stereocenters. The topological polar surface area (TPSA) is 86.0 Å². The number of nitrogens with zero attached hydrogens (tertiary/aromatic N) is 4. The third kappa shape index (κ3) is 9.02. The van der Waals surface area contributed by atoms with Gasteiger partial charge in [-0.1, -0.05) is 73.8 Å². The molecule has 0 aliphatic rings. The fourth-order valence-electron chi connectivity index (χ4n) is 4.70. The van der Waals surface area contributed by atoms with E-state index in [9.17, 15) is 9.18 Å². The van der Waals surface area contributed by atoms with Gasteiger partial charge in [-0.25, -0.2) is 9.37 Å². The molecule has 0 aliphatic heterocycles. The summed E-state index contributed by atoms with van der Waals surface area (Å²) >= 11 is 18.6. The first-order valence-electron chi connectivity index (χ1n) is 14.2. The minimum Gasteiger partial charge on any atom is -0.351 e. The second-order valence-electron chi connectivity index (χ2n) is 10.6. The minimum atomic E-state index is -0.384. The Morgan fingerprint density at radius 1 is 1.16 bits per heavy atom. The van der Waals surface area contributed by atoms with Crippen molar-refractivity contribution in [3.63, 3.8) is 0 Å². The van der Waals surface area contributed by atoms with Gasteiger partial charge in [0.15, 0.2) is 5.11 Å². The van der Waals surface area contributed by atoms with Crippen LogP contribution < -0.4 is 10.6 Å². The van der Waals surface area contributed by atoms with E-state index in [4.69, 9.17) is 40.7 Å². The van der Waals surface area contributed by atoms with Crippen molar-refractivity contribution in [1.82, 2.24) is 19.8 Å². The molecule has 11 heteroatoms. The van der Waals surface area contributed by atoms with Gasteiger partial charge in [-0.2, -0.15) is 5.26 Å².